The molecule has 3 heterocycles. The number of hydrogen-bond acceptors (Lipinski definition) is 4. The average Bonchev–Trinajstić information content (AvgIpc) is 3.35. The molecule has 1 aromatic heterocycles. The van der Waals surface area contributed by atoms with Gasteiger partial charge in [-0.15, -0.1) is 35.3 Å². The standard InChI is InChI=1S/C19H31N3O2S.HI/c1-15(18-6-4-12-25-18)13-21-19(20-2)22-9-7-16(8-10-22)24-14-17-5-3-11-23-17;/h4,6,12,15-17H,3,5,7-11,13-14H2,1-2H3,(H,20,21);1H. The molecule has 1 N–H and O–H groups in total. The highest BCUT2D eigenvalue weighted by Gasteiger charge is 2.24. The maximum Gasteiger partial charge on any atom is 0.193 e. The Morgan fingerprint density at radius 2 is 2.23 bits per heavy atom. The number of halogens is 1. The highest BCUT2D eigenvalue weighted by molar-refractivity contribution is 14.0. The van der Waals surface area contributed by atoms with Crippen molar-refractivity contribution >= 4 is 41.3 Å². The van der Waals surface area contributed by atoms with Crippen LogP contribution in [0.3, 0.4) is 0 Å². The van der Waals surface area contributed by atoms with Gasteiger partial charge in [-0.2, -0.15) is 0 Å². The van der Waals surface area contributed by atoms with E-state index in [0.29, 0.717) is 18.1 Å². The van der Waals surface area contributed by atoms with E-state index in [4.69, 9.17) is 9.47 Å². The summed E-state index contributed by atoms with van der Waals surface area (Å²) in [6.45, 7) is 6.85. The van der Waals surface area contributed by atoms with Gasteiger partial charge in [0.25, 0.3) is 0 Å². The molecule has 2 fully saturated rings. The molecule has 1 aromatic rings. The molecule has 7 heteroatoms. The number of guanidine groups is 1. The normalized spacial score (nSPS) is 22.9. The van der Waals surface area contributed by atoms with Crippen LogP contribution in [0.4, 0.5) is 0 Å². The van der Waals surface area contributed by atoms with Crippen molar-refractivity contribution in [3.8, 4) is 0 Å². The fourth-order valence-electron chi connectivity index (χ4n) is 3.50. The van der Waals surface area contributed by atoms with Gasteiger partial charge < -0.3 is 19.7 Å². The zero-order valence-electron chi connectivity index (χ0n) is 15.9. The lowest BCUT2D eigenvalue weighted by molar-refractivity contribution is -0.0367. The van der Waals surface area contributed by atoms with Crippen molar-refractivity contribution in [1.29, 1.82) is 0 Å². The van der Waals surface area contributed by atoms with Gasteiger partial charge in [-0.25, -0.2) is 0 Å². The van der Waals surface area contributed by atoms with Crippen molar-refractivity contribution in [3.05, 3.63) is 22.4 Å². The van der Waals surface area contributed by atoms with Crippen LogP contribution in [0, 0.1) is 0 Å². The first-order chi connectivity index (χ1) is 12.3. The molecule has 2 unspecified atom stereocenters. The highest BCUT2D eigenvalue weighted by Crippen LogP contribution is 2.20. The second-order valence-corrected chi connectivity index (χ2v) is 7.98. The maximum absolute atomic E-state index is 6.07. The van der Waals surface area contributed by atoms with Crippen molar-refractivity contribution < 1.29 is 9.47 Å². The smallest absolute Gasteiger partial charge is 0.193 e. The summed E-state index contributed by atoms with van der Waals surface area (Å²) in [6, 6.07) is 4.32. The highest BCUT2D eigenvalue weighted by atomic mass is 127. The molecule has 2 atom stereocenters. The molecule has 0 spiro atoms. The van der Waals surface area contributed by atoms with E-state index in [1.165, 1.54) is 11.3 Å². The van der Waals surface area contributed by atoms with Crippen molar-refractivity contribution in [2.24, 2.45) is 4.99 Å². The van der Waals surface area contributed by atoms with E-state index in [-0.39, 0.29) is 24.0 Å². The fourth-order valence-corrected chi connectivity index (χ4v) is 4.29. The summed E-state index contributed by atoms with van der Waals surface area (Å²) in [7, 11) is 1.87. The summed E-state index contributed by atoms with van der Waals surface area (Å²) >= 11 is 1.82. The number of thiophene rings is 1. The van der Waals surface area contributed by atoms with Crippen LogP contribution in [0.2, 0.25) is 0 Å². The van der Waals surface area contributed by atoms with Crippen LogP contribution >= 0.6 is 35.3 Å². The van der Waals surface area contributed by atoms with E-state index in [1.54, 1.807) is 0 Å². The molecule has 26 heavy (non-hydrogen) atoms. The van der Waals surface area contributed by atoms with Crippen molar-refractivity contribution in [2.75, 3.05) is 39.9 Å². The van der Waals surface area contributed by atoms with Crippen LogP contribution in [-0.2, 0) is 9.47 Å². The number of rotatable bonds is 6. The van der Waals surface area contributed by atoms with E-state index < -0.39 is 0 Å². The quantitative estimate of drug-likeness (QED) is 0.373. The zero-order chi connectivity index (χ0) is 17.5. The Morgan fingerprint density at radius 1 is 1.42 bits per heavy atom. The molecule has 5 nitrogen and oxygen atoms in total. The van der Waals surface area contributed by atoms with Gasteiger partial charge in [-0.1, -0.05) is 13.0 Å². The molecule has 2 saturated heterocycles. The minimum absolute atomic E-state index is 0. The van der Waals surface area contributed by atoms with Gasteiger partial charge in [0.2, 0.25) is 0 Å². The van der Waals surface area contributed by atoms with E-state index in [0.717, 1.165) is 58.1 Å². The van der Waals surface area contributed by atoms with Crippen molar-refractivity contribution in [2.45, 2.75) is 50.7 Å². The van der Waals surface area contributed by atoms with E-state index in [2.05, 4.69) is 39.6 Å². The van der Waals surface area contributed by atoms with Crippen LogP contribution in [0.25, 0.3) is 0 Å². The number of likely N-dealkylation sites (tertiary alicyclic amines) is 1. The van der Waals surface area contributed by atoms with Gasteiger partial charge in [0, 0.05) is 44.1 Å². The second kappa shape index (κ2) is 11.5. The first-order valence-corrected chi connectivity index (χ1v) is 10.4. The molecule has 0 aromatic carbocycles. The van der Waals surface area contributed by atoms with E-state index in [9.17, 15) is 0 Å². The first-order valence-electron chi connectivity index (χ1n) is 9.48. The van der Waals surface area contributed by atoms with Crippen LogP contribution in [0.1, 0.15) is 43.4 Å². The van der Waals surface area contributed by atoms with Crippen LogP contribution in [0.5, 0.6) is 0 Å². The van der Waals surface area contributed by atoms with Gasteiger partial charge in [-0.3, -0.25) is 4.99 Å². The van der Waals surface area contributed by atoms with Gasteiger partial charge in [-0.05, 0) is 37.1 Å². The van der Waals surface area contributed by atoms with Crippen molar-refractivity contribution in [3.63, 3.8) is 0 Å². The molecule has 2 aliphatic rings. The van der Waals surface area contributed by atoms with Crippen molar-refractivity contribution in [1.82, 2.24) is 10.2 Å². The third kappa shape index (κ3) is 6.35. The molecule has 0 radical (unpaired) electrons. The second-order valence-electron chi connectivity index (χ2n) is 7.00. The Bertz CT molecular complexity index is 527. The summed E-state index contributed by atoms with van der Waals surface area (Å²) in [5, 5.41) is 5.68. The molecule has 0 amide bonds. The molecule has 0 saturated carbocycles. The Labute approximate surface area is 178 Å². The monoisotopic (exact) mass is 493 g/mol. The third-order valence-electron chi connectivity index (χ3n) is 5.09. The van der Waals surface area contributed by atoms with E-state index >= 15 is 0 Å². The lowest BCUT2D eigenvalue weighted by Gasteiger charge is -2.34. The largest absolute Gasteiger partial charge is 0.376 e. The Balaban J connectivity index is 0.00000243. The summed E-state index contributed by atoms with van der Waals surface area (Å²) in [5.74, 6) is 1.52. The zero-order valence-corrected chi connectivity index (χ0v) is 19.0. The van der Waals surface area contributed by atoms with Crippen LogP contribution in [0.15, 0.2) is 22.5 Å². The molecule has 148 valence electrons. The summed E-state index contributed by atoms with van der Waals surface area (Å²) in [5.41, 5.74) is 0. The summed E-state index contributed by atoms with van der Waals surface area (Å²) in [6.07, 6.45) is 5.15. The summed E-state index contributed by atoms with van der Waals surface area (Å²) < 4.78 is 11.7. The SMILES string of the molecule is CN=C(NCC(C)c1cccs1)N1CCC(OCC2CCCO2)CC1.I. The average molecular weight is 493 g/mol. The lowest BCUT2D eigenvalue weighted by Crippen LogP contribution is -2.47. The Hall–Kier alpha value is -0.380. The molecule has 0 bridgehead atoms. The van der Waals surface area contributed by atoms with Crippen LogP contribution in [-0.4, -0.2) is 63.0 Å². The lowest BCUT2D eigenvalue weighted by atomic mass is 10.1. The number of piperidine rings is 1. The predicted octanol–water partition coefficient (Wildman–Crippen LogP) is 3.71. The molecule has 2 aliphatic heterocycles. The minimum Gasteiger partial charge on any atom is -0.376 e. The maximum atomic E-state index is 6.07. The number of ether oxygens (including phenoxy) is 2. The van der Waals surface area contributed by atoms with Gasteiger partial charge in [0.05, 0.1) is 18.8 Å². The number of nitrogens with zero attached hydrogens (tertiary/aromatic N) is 2. The molecule has 3 rings (SSSR count). The Kier molecular flexibility index (Phi) is 9.66. The fraction of sp³-hybridized carbons (Fsp3) is 0.737. The van der Waals surface area contributed by atoms with Gasteiger partial charge >= 0.3 is 0 Å². The van der Waals surface area contributed by atoms with Crippen LogP contribution < -0.4 is 5.32 Å². The molecular weight excluding hydrogens is 461 g/mol. The molecule has 0 aliphatic carbocycles. The first kappa shape index (κ1) is 21.9. The molecular formula is C19H32IN3O2S. The number of nitrogens with one attached hydrogen (secondary N) is 1. The van der Waals surface area contributed by atoms with Gasteiger partial charge in [0.15, 0.2) is 5.96 Å². The van der Waals surface area contributed by atoms with E-state index in [1.807, 2.05) is 18.4 Å². The Morgan fingerprint density at radius 3 is 2.85 bits per heavy atom. The van der Waals surface area contributed by atoms with Gasteiger partial charge in [0.1, 0.15) is 0 Å². The topological polar surface area (TPSA) is 46.1 Å². The third-order valence-corrected chi connectivity index (χ3v) is 6.19. The minimum atomic E-state index is 0. The predicted molar refractivity (Wildman–Crippen MR) is 119 cm³/mol. The summed E-state index contributed by atoms with van der Waals surface area (Å²) in [4.78, 5) is 8.25. The number of hydrogen-bond donors (Lipinski definition) is 1. The number of aliphatic imine (C=N–C) groups is 1.